The molecule has 0 radical (unpaired) electrons. The van der Waals surface area contributed by atoms with Gasteiger partial charge in [-0.1, -0.05) is 12.2 Å². The molecule has 1 amide bonds. The summed E-state index contributed by atoms with van der Waals surface area (Å²) in [6.07, 6.45) is 8.20. The van der Waals surface area contributed by atoms with E-state index in [-0.39, 0.29) is 6.61 Å². The van der Waals surface area contributed by atoms with Crippen LogP contribution in [0.2, 0.25) is 0 Å². The van der Waals surface area contributed by atoms with Gasteiger partial charge in [0.25, 0.3) is 0 Å². The van der Waals surface area contributed by atoms with Gasteiger partial charge in [0.2, 0.25) is 5.95 Å². The fraction of sp³-hybridized carbons (Fsp3) is 0.222. The zero-order valence-corrected chi connectivity index (χ0v) is 15.5. The maximum absolute atomic E-state index is 11.3. The number of hydrogen-bond acceptors (Lipinski definition) is 7. The van der Waals surface area contributed by atoms with Crippen molar-refractivity contribution >= 4 is 35.1 Å². The largest absolute Gasteiger partial charge is 0.453 e. The van der Waals surface area contributed by atoms with Crippen LogP contribution in [0.15, 0.2) is 53.1 Å². The van der Waals surface area contributed by atoms with Crippen molar-refractivity contribution < 1.29 is 18.8 Å². The molecule has 4 N–H and O–H groups in total. The Kier molecular flexibility index (Phi) is 6.39. The Morgan fingerprint density at radius 1 is 1.37 bits per heavy atom. The van der Waals surface area contributed by atoms with Crippen molar-refractivity contribution in [1.29, 1.82) is 0 Å². The molecule has 0 aliphatic heterocycles. The van der Waals surface area contributed by atoms with Crippen LogP contribution in [0.1, 0.15) is 6.42 Å². The van der Waals surface area contributed by atoms with Gasteiger partial charge in [-0.05, 0) is 30.7 Å². The zero-order chi connectivity index (χ0) is 19.1. The number of amides is 1. The van der Waals surface area contributed by atoms with Gasteiger partial charge in [0, 0.05) is 23.2 Å². The number of anilines is 1. The lowest BCUT2D eigenvalue weighted by atomic mass is 10.3. The van der Waals surface area contributed by atoms with Crippen LogP contribution in [0.5, 0.6) is 5.75 Å². The second-order valence-electron chi connectivity index (χ2n) is 5.53. The molecule has 0 fully saturated rings. The first kappa shape index (κ1) is 18.9. The number of imidazole rings is 1. The first-order valence-corrected chi connectivity index (χ1v) is 9.04. The smallest absolute Gasteiger partial charge is 0.413 e. The Morgan fingerprint density at radius 3 is 3.07 bits per heavy atom. The maximum atomic E-state index is 11.3. The number of nitrogens with one attached hydrogen (secondary N) is 3. The molecular weight excluding hydrogens is 368 g/mol. The number of rotatable bonds is 7. The minimum Gasteiger partial charge on any atom is -0.453 e. The molecule has 0 spiro atoms. The number of hydrogen-bond donors (Lipinski definition) is 4. The zero-order valence-electron chi connectivity index (χ0n) is 14.7. The predicted molar refractivity (Wildman–Crippen MR) is 105 cm³/mol. The van der Waals surface area contributed by atoms with Crippen molar-refractivity contribution in [2.75, 3.05) is 25.6 Å². The maximum Gasteiger partial charge on any atom is 0.413 e. The highest BCUT2D eigenvalue weighted by Gasteiger charge is 2.08. The van der Waals surface area contributed by atoms with Gasteiger partial charge < -0.3 is 24.3 Å². The number of allylic oxidation sites excluding steroid dienone is 4. The number of fused-ring (bicyclic) bond motifs is 1. The van der Waals surface area contributed by atoms with Crippen LogP contribution in [-0.4, -0.2) is 41.4 Å². The summed E-state index contributed by atoms with van der Waals surface area (Å²) in [4.78, 5) is 19.5. The molecule has 1 heterocycles. The lowest BCUT2D eigenvalue weighted by Gasteiger charge is -2.04. The SMILES string of the molecule is COC(=O)Nc1nc2ccc(OSC3=CCC=C(NCCO)C=C3)cc2[nH]1. The molecule has 1 aliphatic rings. The summed E-state index contributed by atoms with van der Waals surface area (Å²) in [5.41, 5.74) is 2.42. The molecule has 0 saturated carbocycles. The highest BCUT2D eigenvalue weighted by atomic mass is 32.2. The van der Waals surface area contributed by atoms with Gasteiger partial charge in [-0.15, -0.1) is 0 Å². The molecule has 1 aliphatic carbocycles. The third-order valence-corrected chi connectivity index (χ3v) is 4.39. The highest BCUT2D eigenvalue weighted by Crippen LogP contribution is 2.28. The number of H-pyrrole nitrogens is 1. The number of aromatic amines is 1. The predicted octanol–water partition coefficient (Wildman–Crippen LogP) is 3.08. The third-order valence-electron chi connectivity index (χ3n) is 3.62. The van der Waals surface area contributed by atoms with Crippen LogP contribution < -0.4 is 14.8 Å². The molecule has 142 valence electrons. The van der Waals surface area contributed by atoms with Gasteiger partial charge in [-0.2, -0.15) is 0 Å². The van der Waals surface area contributed by atoms with E-state index in [1.54, 1.807) is 6.07 Å². The monoisotopic (exact) mass is 388 g/mol. The van der Waals surface area contributed by atoms with Gasteiger partial charge in [0.1, 0.15) is 5.75 Å². The van der Waals surface area contributed by atoms with Crippen LogP contribution in [0, 0.1) is 0 Å². The number of carbonyl (C=O) groups is 1. The fourth-order valence-corrected chi connectivity index (χ4v) is 2.93. The van der Waals surface area contributed by atoms with Crippen molar-refractivity contribution in [2.24, 2.45) is 0 Å². The minimum atomic E-state index is -0.588. The first-order valence-electron chi connectivity index (χ1n) is 8.30. The molecule has 8 nitrogen and oxygen atoms in total. The molecule has 27 heavy (non-hydrogen) atoms. The molecule has 0 bridgehead atoms. The van der Waals surface area contributed by atoms with Gasteiger partial charge in [0.15, 0.2) is 0 Å². The molecule has 0 atom stereocenters. The third kappa shape index (κ3) is 5.28. The lowest BCUT2D eigenvalue weighted by molar-refractivity contribution is 0.186. The molecule has 3 rings (SSSR count). The summed E-state index contributed by atoms with van der Waals surface area (Å²) >= 11 is 1.26. The van der Waals surface area contributed by atoms with Crippen LogP contribution in [-0.2, 0) is 4.74 Å². The number of ether oxygens (including phenoxy) is 1. The van der Waals surface area contributed by atoms with Crippen LogP contribution in [0.4, 0.5) is 10.7 Å². The number of aliphatic hydroxyl groups excluding tert-OH is 1. The average Bonchev–Trinajstić information content (AvgIpc) is 2.93. The number of nitrogens with zero attached hydrogens (tertiary/aromatic N) is 1. The summed E-state index contributed by atoms with van der Waals surface area (Å²) in [5.74, 6) is 0.968. The molecule has 2 aromatic rings. The van der Waals surface area contributed by atoms with E-state index < -0.39 is 6.09 Å². The van der Waals surface area contributed by atoms with Crippen molar-refractivity contribution in [2.45, 2.75) is 6.42 Å². The standard InChI is InChI=1S/C18H20N4O4S/c1-25-18(24)22-17-20-15-8-6-13(11-16(15)21-17)26-27-14-4-2-3-12(5-7-14)19-9-10-23/h3-8,11,19,23H,2,9-10H2,1H3,(H2,20,21,22,24). The molecule has 0 saturated heterocycles. The Hall–Kier alpha value is -2.91. The topological polar surface area (TPSA) is 108 Å². The first-order chi connectivity index (χ1) is 13.2. The molecule has 1 aromatic carbocycles. The second kappa shape index (κ2) is 9.15. The number of aliphatic hydroxyl groups is 1. The van der Waals surface area contributed by atoms with Gasteiger partial charge in [-0.3, -0.25) is 5.32 Å². The number of methoxy groups -OCH3 is 1. The van der Waals surface area contributed by atoms with Crippen LogP contribution in [0.25, 0.3) is 11.0 Å². The second-order valence-corrected chi connectivity index (χ2v) is 6.34. The van der Waals surface area contributed by atoms with E-state index in [0.717, 1.165) is 22.5 Å². The van der Waals surface area contributed by atoms with E-state index in [1.807, 2.05) is 30.4 Å². The Labute approximate surface area is 160 Å². The Morgan fingerprint density at radius 2 is 2.26 bits per heavy atom. The van der Waals surface area contributed by atoms with Gasteiger partial charge in [0.05, 0.1) is 36.8 Å². The van der Waals surface area contributed by atoms with Crippen molar-refractivity contribution in [3.8, 4) is 5.75 Å². The van der Waals surface area contributed by atoms with Crippen molar-refractivity contribution in [1.82, 2.24) is 15.3 Å². The van der Waals surface area contributed by atoms with Crippen molar-refractivity contribution in [3.05, 3.63) is 53.1 Å². The Balaban J connectivity index is 1.60. The average molecular weight is 388 g/mol. The summed E-state index contributed by atoms with van der Waals surface area (Å²) in [6.45, 7) is 0.614. The lowest BCUT2D eigenvalue weighted by Crippen LogP contribution is -2.16. The van der Waals surface area contributed by atoms with Crippen LogP contribution in [0.3, 0.4) is 0 Å². The van der Waals surface area contributed by atoms with E-state index in [4.69, 9.17) is 9.29 Å². The van der Waals surface area contributed by atoms with E-state index in [2.05, 4.69) is 31.4 Å². The molecular formula is C18H20N4O4S. The van der Waals surface area contributed by atoms with Crippen molar-refractivity contribution in [3.63, 3.8) is 0 Å². The van der Waals surface area contributed by atoms with Gasteiger partial charge >= 0.3 is 6.09 Å². The summed E-state index contributed by atoms with van der Waals surface area (Å²) in [5, 5.41) is 14.5. The summed E-state index contributed by atoms with van der Waals surface area (Å²) in [7, 11) is 1.29. The minimum absolute atomic E-state index is 0.0935. The summed E-state index contributed by atoms with van der Waals surface area (Å²) in [6, 6.07) is 5.43. The fourth-order valence-electron chi connectivity index (χ4n) is 2.35. The Bertz CT molecular complexity index is 904. The van der Waals surface area contributed by atoms with E-state index in [1.165, 1.54) is 19.2 Å². The highest BCUT2D eigenvalue weighted by molar-refractivity contribution is 7.99. The quantitative estimate of drug-likeness (QED) is 0.540. The van der Waals surface area contributed by atoms with Gasteiger partial charge in [-0.25, -0.2) is 9.78 Å². The number of carbonyl (C=O) groups excluding carboxylic acids is 1. The molecule has 0 unspecified atom stereocenters. The van der Waals surface area contributed by atoms with E-state index in [9.17, 15) is 4.79 Å². The molecule has 9 heteroatoms. The van der Waals surface area contributed by atoms with E-state index in [0.29, 0.717) is 23.8 Å². The number of aromatic nitrogens is 2. The molecule has 1 aromatic heterocycles. The summed E-state index contributed by atoms with van der Waals surface area (Å²) < 4.78 is 10.3. The van der Waals surface area contributed by atoms with Crippen LogP contribution >= 0.6 is 12.0 Å². The van der Waals surface area contributed by atoms with E-state index >= 15 is 0 Å². The number of benzene rings is 1. The normalized spacial score (nSPS) is 13.6.